The number of rotatable bonds is 4. The first kappa shape index (κ1) is 19.0. The van der Waals surface area contributed by atoms with Gasteiger partial charge in [-0.3, -0.25) is 4.79 Å². The first-order chi connectivity index (χ1) is 12.1. The number of aromatic nitrogens is 1. The van der Waals surface area contributed by atoms with Gasteiger partial charge in [-0.1, -0.05) is 50.9 Å². The number of carboxylic acid groups (broad SMARTS) is 1. The second-order valence-corrected chi connectivity index (χ2v) is 6.35. The molecule has 0 fully saturated rings. The van der Waals surface area contributed by atoms with Crippen molar-refractivity contribution in [3.05, 3.63) is 69.3 Å². The van der Waals surface area contributed by atoms with Crippen LogP contribution in [0.25, 0.3) is 11.3 Å². The Morgan fingerprint density at radius 3 is 2.52 bits per heavy atom. The summed E-state index contributed by atoms with van der Waals surface area (Å²) in [6.45, 7) is 2.28. The Hall–Kier alpha value is -2.31. The molecule has 0 aliphatic rings. The lowest BCUT2D eigenvalue weighted by molar-refractivity contribution is -0.122. The molecule has 5 nitrogen and oxygen atoms in total. The van der Waals surface area contributed by atoms with Crippen LogP contribution in [0, 0.1) is 6.92 Å². The number of nitrogens with zero attached hydrogens (tertiary/aromatic N) is 1. The zero-order valence-corrected chi connectivity index (χ0v) is 15.7. The Kier molecular flexibility index (Phi) is 7.03. The fourth-order valence-corrected chi connectivity index (χ4v) is 2.67. The van der Waals surface area contributed by atoms with Gasteiger partial charge in [-0.2, -0.15) is 0 Å². The van der Waals surface area contributed by atoms with Crippen LogP contribution in [0.1, 0.15) is 11.3 Å². The summed E-state index contributed by atoms with van der Waals surface area (Å²) in [6.07, 6.45) is 0. The summed E-state index contributed by atoms with van der Waals surface area (Å²) in [5.41, 5.74) is 3.73. The molecule has 1 heterocycles. The van der Waals surface area contributed by atoms with Gasteiger partial charge in [-0.15, -0.1) is 0 Å². The Labute approximate surface area is 158 Å². The van der Waals surface area contributed by atoms with Crippen molar-refractivity contribution in [2.45, 2.75) is 13.5 Å². The van der Waals surface area contributed by atoms with E-state index in [1.165, 1.54) is 0 Å². The Morgan fingerprint density at radius 2 is 1.88 bits per heavy atom. The number of hydrogen-bond donors (Lipinski definition) is 2. The Morgan fingerprint density at radius 1 is 1.24 bits per heavy atom. The van der Waals surface area contributed by atoms with Crippen LogP contribution < -0.4 is 5.32 Å². The summed E-state index contributed by atoms with van der Waals surface area (Å²) in [4.78, 5) is 8.36. The lowest BCUT2D eigenvalue weighted by Crippen LogP contribution is -2.01. The summed E-state index contributed by atoms with van der Waals surface area (Å²) >= 11 is 9.63. The quantitative estimate of drug-likeness (QED) is 0.551. The predicted molar refractivity (Wildman–Crippen MR) is 102 cm³/mol. The predicted octanol–water partition coefficient (Wildman–Crippen LogP) is 5.38. The first-order valence-electron chi connectivity index (χ1n) is 7.34. The largest absolute Gasteiger partial charge is 0.483 e. The van der Waals surface area contributed by atoms with Crippen LogP contribution in [0.5, 0.6) is 0 Å². The fourth-order valence-electron chi connectivity index (χ4n) is 2.20. The summed E-state index contributed by atoms with van der Waals surface area (Å²) in [5, 5.41) is 15.1. The van der Waals surface area contributed by atoms with Crippen molar-refractivity contribution in [3.63, 3.8) is 0 Å². The standard InChI is InChI=1S/C17H14BrClN2O.CH2O2/c1-11-16(20-10-13-4-2-3-5-15(13)19)17(22-21-11)12-6-8-14(18)9-7-12;2-1-3/h2-9,20H,10H2,1H3;1H,(H,2,3). The molecule has 3 rings (SSSR count). The van der Waals surface area contributed by atoms with Crippen molar-refractivity contribution in [3.8, 4) is 11.3 Å². The van der Waals surface area contributed by atoms with Crippen LogP contribution >= 0.6 is 27.5 Å². The number of carbonyl (C=O) groups is 1. The summed E-state index contributed by atoms with van der Waals surface area (Å²) in [6, 6.07) is 15.7. The molecule has 130 valence electrons. The molecule has 0 atom stereocenters. The molecule has 0 saturated carbocycles. The van der Waals surface area contributed by atoms with Gasteiger partial charge in [0.05, 0.1) is 0 Å². The van der Waals surface area contributed by atoms with Crippen molar-refractivity contribution < 1.29 is 14.4 Å². The van der Waals surface area contributed by atoms with Crippen molar-refractivity contribution in [1.82, 2.24) is 5.16 Å². The lowest BCUT2D eigenvalue weighted by atomic mass is 10.1. The first-order valence-corrected chi connectivity index (χ1v) is 8.51. The van der Waals surface area contributed by atoms with Gasteiger partial charge in [0.2, 0.25) is 0 Å². The molecule has 0 amide bonds. The summed E-state index contributed by atoms with van der Waals surface area (Å²) < 4.78 is 6.51. The molecule has 0 bridgehead atoms. The minimum absolute atomic E-state index is 0.250. The highest BCUT2D eigenvalue weighted by atomic mass is 79.9. The molecule has 7 heteroatoms. The number of aryl methyl sites for hydroxylation is 1. The van der Waals surface area contributed by atoms with Gasteiger partial charge in [0.15, 0.2) is 5.76 Å². The zero-order valence-electron chi connectivity index (χ0n) is 13.4. The molecule has 2 aromatic carbocycles. The Balaban J connectivity index is 0.000000701. The molecular weight excluding hydrogens is 408 g/mol. The number of hydrogen-bond acceptors (Lipinski definition) is 4. The maximum absolute atomic E-state index is 8.36. The van der Waals surface area contributed by atoms with Crippen LogP contribution in [-0.4, -0.2) is 16.7 Å². The summed E-state index contributed by atoms with van der Waals surface area (Å²) in [5.74, 6) is 0.733. The van der Waals surface area contributed by atoms with E-state index in [2.05, 4.69) is 26.4 Å². The second kappa shape index (κ2) is 9.25. The third-order valence-electron chi connectivity index (χ3n) is 3.38. The van der Waals surface area contributed by atoms with Gasteiger partial charge in [-0.25, -0.2) is 0 Å². The van der Waals surface area contributed by atoms with Crippen molar-refractivity contribution in [1.29, 1.82) is 0 Å². The molecule has 0 spiro atoms. The van der Waals surface area contributed by atoms with Gasteiger partial charge < -0.3 is 14.9 Å². The van der Waals surface area contributed by atoms with Crippen LogP contribution in [0.15, 0.2) is 57.5 Å². The number of anilines is 1. The van der Waals surface area contributed by atoms with E-state index in [-0.39, 0.29) is 6.47 Å². The van der Waals surface area contributed by atoms with Crippen LogP contribution in [0.3, 0.4) is 0 Å². The minimum atomic E-state index is -0.250. The number of benzene rings is 2. The maximum atomic E-state index is 8.36. The molecule has 0 aliphatic heterocycles. The topological polar surface area (TPSA) is 75.4 Å². The second-order valence-electron chi connectivity index (χ2n) is 5.03. The maximum Gasteiger partial charge on any atom is 0.290 e. The SMILES string of the molecule is Cc1noc(-c2ccc(Br)cc2)c1NCc1ccccc1Cl.O=CO. The molecule has 0 aliphatic carbocycles. The Bertz CT molecular complexity index is 835. The molecular formula is C18H16BrClN2O3. The highest BCUT2D eigenvalue weighted by molar-refractivity contribution is 9.10. The van der Waals surface area contributed by atoms with Gasteiger partial charge in [0.25, 0.3) is 6.47 Å². The number of nitrogens with one attached hydrogen (secondary N) is 1. The highest BCUT2D eigenvalue weighted by Gasteiger charge is 2.15. The van der Waals surface area contributed by atoms with E-state index in [0.29, 0.717) is 6.54 Å². The van der Waals surface area contributed by atoms with E-state index in [1.54, 1.807) is 0 Å². The summed E-state index contributed by atoms with van der Waals surface area (Å²) in [7, 11) is 0. The highest BCUT2D eigenvalue weighted by Crippen LogP contribution is 2.32. The molecule has 25 heavy (non-hydrogen) atoms. The number of halogens is 2. The van der Waals surface area contributed by atoms with E-state index in [4.69, 9.17) is 26.0 Å². The molecule has 1 aromatic heterocycles. The molecule has 3 aromatic rings. The minimum Gasteiger partial charge on any atom is -0.483 e. The zero-order chi connectivity index (χ0) is 18.2. The van der Waals surface area contributed by atoms with E-state index >= 15 is 0 Å². The van der Waals surface area contributed by atoms with Crippen molar-refractivity contribution >= 4 is 39.7 Å². The van der Waals surface area contributed by atoms with E-state index < -0.39 is 0 Å². The average Bonchev–Trinajstić information content (AvgIpc) is 2.96. The van der Waals surface area contributed by atoms with Crippen LogP contribution in [0.4, 0.5) is 5.69 Å². The third-order valence-corrected chi connectivity index (χ3v) is 4.28. The van der Waals surface area contributed by atoms with E-state index in [0.717, 1.165) is 37.8 Å². The third kappa shape index (κ3) is 5.08. The van der Waals surface area contributed by atoms with E-state index in [9.17, 15) is 0 Å². The normalized spacial score (nSPS) is 9.88. The van der Waals surface area contributed by atoms with Crippen LogP contribution in [-0.2, 0) is 11.3 Å². The molecule has 2 N–H and O–H groups in total. The smallest absolute Gasteiger partial charge is 0.290 e. The molecule has 0 saturated heterocycles. The fraction of sp³-hybridized carbons (Fsp3) is 0.111. The monoisotopic (exact) mass is 422 g/mol. The molecule has 0 radical (unpaired) electrons. The van der Waals surface area contributed by atoms with Gasteiger partial charge in [-0.05, 0) is 42.8 Å². The van der Waals surface area contributed by atoms with Crippen molar-refractivity contribution in [2.24, 2.45) is 0 Å². The van der Waals surface area contributed by atoms with Crippen LogP contribution in [0.2, 0.25) is 5.02 Å². The molecule has 0 unspecified atom stereocenters. The van der Waals surface area contributed by atoms with E-state index in [1.807, 2.05) is 55.5 Å². The van der Waals surface area contributed by atoms with Gasteiger partial charge in [0, 0.05) is 21.6 Å². The van der Waals surface area contributed by atoms with Crippen molar-refractivity contribution in [2.75, 3.05) is 5.32 Å². The van der Waals surface area contributed by atoms with Gasteiger partial charge in [0.1, 0.15) is 11.4 Å². The lowest BCUT2D eigenvalue weighted by Gasteiger charge is -2.08. The van der Waals surface area contributed by atoms with Gasteiger partial charge >= 0.3 is 0 Å². The average molecular weight is 424 g/mol.